The minimum atomic E-state index is -0.422. The van der Waals surface area contributed by atoms with E-state index in [1.807, 2.05) is 0 Å². The first-order valence-electron chi connectivity index (χ1n) is 5.70. The predicted molar refractivity (Wildman–Crippen MR) is 66.7 cm³/mol. The first-order chi connectivity index (χ1) is 8.22. The summed E-state index contributed by atoms with van der Waals surface area (Å²) in [6.07, 6.45) is 3.64. The maximum Gasteiger partial charge on any atom is 0.316 e. The number of hydrazine groups is 1. The van der Waals surface area contributed by atoms with Crippen LogP contribution >= 0.6 is 0 Å². The number of rotatable bonds is 6. The van der Waals surface area contributed by atoms with Crippen molar-refractivity contribution < 1.29 is 4.92 Å². The highest BCUT2D eigenvalue weighted by Crippen LogP contribution is 2.34. The maximum atomic E-state index is 11.0. The molecule has 0 saturated heterocycles. The topological polar surface area (TPSA) is 93.2 Å². The Kier molecular flexibility index (Phi) is 3.43. The van der Waals surface area contributed by atoms with Gasteiger partial charge in [0.2, 0.25) is 0 Å². The van der Waals surface area contributed by atoms with E-state index in [1.165, 1.54) is 12.8 Å². The molecule has 0 spiro atoms. The van der Waals surface area contributed by atoms with Crippen molar-refractivity contribution in [3.05, 3.63) is 28.3 Å². The van der Waals surface area contributed by atoms with E-state index < -0.39 is 4.92 Å². The van der Waals surface area contributed by atoms with Gasteiger partial charge >= 0.3 is 5.69 Å². The van der Waals surface area contributed by atoms with Crippen molar-refractivity contribution in [2.45, 2.75) is 19.3 Å². The van der Waals surface area contributed by atoms with Crippen LogP contribution in [0.3, 0.4) is 0 Å². The molecule has 1 aliphatic carbocycles. The number of hydrogen-bond acceptors (Lipinski definition) is 5. The van der Waals surface area contributed by atoms with Crippen molar-refractivity contribution >= 4 is 17.1 Å². The van der Waals surface area contributed by atoms with Gasteiger partial charge in [-0.2, -0.15) is 0 Å². The minimum Gasteiger partial charge on any atom is -0.379 e. The van der Waals surface area contributed by atoms with Crippen LogP contribution in [0, 0.1) is 16.0 Å². The fraction of sp³-hybridized carbons (Fsp3) is 0.455. The Balaban J connectivity index is 2.09. The molecule has 92 valence electrons. The van der Waals surface area contributed by atoms with E-state index in [-0.39, 0.29) is 5.69 Å². The molecule has 6 nitrogen and oxygen atoms in total. The van der Waals surface area contributed by atoms with Gasteiger partial charge in [-0.15, -0.1) is 0 Å². The third-order valence-corrected chi connectivity index (χ3v) is 2.94. The van der Waals surface area contributed by atoms with Crippen LogP contribution in [0.5, 0.6) is 0 Å². The minimum absolute atomic E-state index is 0.00537. The van der Waals surface area contributed by atoms with Crippen LogP contribution in [0.2, 0.25) is 0 Å². The molecule has 1 aliphatic rings. The zero-order valence-electron chi connectivity index (χ0n) is 9.48. The number of benzene rings is 1. The van der Waals surface area contributed by atoms with Crippen LogP contribution < -0.4 is 16.6 Å². The van der Waals surface area contributed by atoms with Crippen molar-refractivity contribution in [1.29, 1.82) is 0 Å². The summed E-state index contributed by atoms with van der Waals surface area (Å²) in [6.45, 7) is 0.763. The van der Waals surface area contributed by atoms with Crippen LogP contribution in [-0.4, -0.2) is 11.5 Å². The molecule has 17 heavy (non-hydrogen) atoms. The number of nitrogens with zero attached hydrogens (tertiary/aromatic N) is 1. The van der Waals surface area contributed by atoms with Crippen molar-refractivity contribution in [3.63, 3.8) is 0 Å². The van der Waals surface area contributed by atoms with Gasteiger partial charge in [0.1, 0.15) is 11.4 Å². The highest BCUT2D eigenvalue weighted by molar-refractivity contribution is 5.75. The molecular weight excluding hydrogens is 220 g/mol. The summed E-state index contributed by atoms with van der Waals surface area (Å²) in [7, 11) is 0. The third kappa shape index (κ3) is 2.85. The second-order valence-electron chi connectivity index (χ2n) is 4.26. The third-order valence-electron chi connectivity index (χ3n) is 2.94. The van der Waals surface area contributed by atoms with Gasteiger partial charge in [0.25, 0.3) is 0 Å². The summed E-state index contributed by atoms with van der Waals surface area (Å²) in [6, 6.07) is 5.03. The molecule has 0 heterocycles. The van der Waals surface area contributed by atoms with Gasteiger partial charge in [0, 0.05) is 6.54 Å². The van der Waals surface area contributed by atoms with Crippen LogP contribution in [-0.2, 0) is 0 Å². The maximum absolute atomic E-state index is 11.0. The van der Waals surface area contributed by atoms with Crippen molar-refractivity contribution in [1.82, 2.24) is 0 Å². The van der Waals surface area contributed by atoms with Gasteiger partial charge in [-0.05, 0) is 24.5 Å². The first kappa shape index (κ1) is 11.7. The van der Waals surface area contributed by atoms with Gasteiger partial charge in [0.05, 0.1) is 4.92 Å². The zero-order valence-corrected chi connectivity index (χ0v) is 9.48. The lowest BCUT2D eigenvalue weighted by molar-refractivity contribution is -0.383. The van der Waals surface area contributed by atoms with Crippen molar-refractivity contribution in [3.8, 4) is 0 Å². The Labute approximate surface area is 99.3 Å². The quantitative estimate of drug-likeness (QED) is 0.399. The molecule has 6 heteroatoms. The van der Waals surface area contributed by atoms with Crippen LogP contribution in [0.1, 0.15) is 19.3 Å². The average Bonchev–Trinajstić information content (AvgIpc) is 3.12. The lowest BCUT2D eigenvalue weighted by Gasteiger charge is -2.09. The number of hydrogen-bond donors (Lipinski definition) is 3. The monoisotopic (exact) mass is 236 g/mol. The highest BCUT2D eigenvalue weighted by Gasteiger charge is 2.22. The van der Waals surface area contributed by atoms with E-state index in [0.29, 0.717) is 11.4 Å². The highest BCUT2D eigenvalue weighted by atomic mass is 16.6. The van der Waals surface area contributed by atoms with Gasteiger partial charge in [-0.3, -0.25) is 16.0 Å². The molecule has 1 aromatic carbocycles. The number of nitrogen functional groups attached to an aromatic ring is 1. The molecule has 1 aromatic rings. The van der Waals surface area contributed by atoms with Gasteiger partial charge in [-0.1, -0.05) is 18.9 Å². The molecule has 1 fully saturated rings. The fourth-order valence-corrected chi connectivity index (χ4v) is 1.82. The Morgan fingerprint density at radius 2 is 2.12 bits per heavy atom. The van der Waals surface area contributed by atoms with Crippen molar-refractivity contribution in [2.75, 3.05) is 17.3 Å². The second kappa shape index (κ2) is 5.01. The molecule has 0 aliphatic heterocycles. The van der Waals surface area contributed by atoms with Crippen LogP contribution in [0.25, 0.3) is 0 Å². The summed E-state index contributed by atoms with van der Waals surface area (Å²) in [5, 5.41) is 14.1. The Morgan fingerprint density at radius 3 is 2.71 bits per heavy atom. The van der Waals surface area contributed by atoms with Crippen molar-refractivity contribution in [2.24, 2.45) is 11.8 Å². The molecular formula is C11H16N4O2. The predicted octanol–water partition coefficient (Wildman–Crippen LogP) is 2.09. The lowest BCUT2D eigenvalue weighted by atomic mass is 10.2. The van der Waals surface area contributed by atoms with Gasteiger partial charge < -0.3 is 10.7 Å². The van der Waals surface area contributed by atoms with E-state index in [4.69, 9.17) is 5.84 Å². The smallest absolute Gasteiger partial charge is 0.316 e. The number of nitro benzene ring substituents is 1. The number of nitro groups is 1. The molecule has 0 amide bonds. The fourth-order valence-electron chi connectivity index (χ4n) is 1.82. The molecule has 0 unspecified atom stereocenters. The average molecular weight is 236 g/mol. The summed E-state index contributed by atoms with van der Waals surface area (Å²) < 4.78 is 0. The SMILES string of the molecule is NNc1cccc(NCCC2CC2)c1[N+](=O)[O-]. The van der Waals surface area contributed by atoms with E-state index in [9.17, 15) is 10.1 Å². The van der Waals surface area contributed by atoms with Crippen LogP contribution in [0.15, 0.2) is 18.2 Å². The Morgan fingerprint density at radius 1 is 1.41 bits per heavy atom. The largest absolute Gasteiger partial charge is 0.379 e. The first-order valence-corrected chi connectivity index (χ1v) is 5.70. The zero-order chi connectivity index (χ0) is 12.3. The second-order valence-corrected chi connectivity index (χ2v) is 4.26. The number of nitrogens with two attached hydrogens (primary N) is 1. The van der Waals surface area contributed by atoms with Gasteiger partial charge in [0.15, 0.2) is 0 Å². The molecule has 1 saturated carbocycles. The summed E-state index contributed by atoms with van der Waals surface area (Å²) in [5.74, 6) is 6.07. The van der Waals surface area contributed by atoms with E-state index in [1.54, 1.807) is 18.2 Å². The molecule has 0 aromatic heterocycles. The summed E-state index contributed by atoms with van der Waals surface area (Å²) in [4.78, 5) is 10.6. The Hall–Kier alpha value is -1.82. The van der Waals surface area contributed by atoms with Gasteiger partial charge in [-0.25, -0.2) is 0 Å². The van der Waals surface area contributed by atoms with E-state index >= 15 is 0 Å². The van der Waals surface area contributed by atoms with E-state index in [0.717, 1.165) is 18.9 Å². The van der Waals surface area contributed by atoms with Crippen LogP contribution in [0.4, 0.5) is 17.1 Å². The summed E-state index contributed by atoms with van der Waals surface area (Å²) >= 11 is 0. The molecule has 4 N–H and O–H groups in total. The van der Waals surface area contributed by atoms with E-state index in [2.05, 4.69) is 10.7 Å². The number of nitrogens with one attached hydrogen (secondary N) is 2. The number of para-hydroxylation sites is 1. The molecule has 0 bridgehead atoms. The lowest BCUT2D eigenvalue weighted by Crippen LogP contribution is -2.11. The standard InChI is InChI=1S/C11H16N4O2/c12-14-10-3-1-2-9(11(10)15(16)17)13-7-6-8-4-5-8/h1-3,8,13-14H,4-7,12H2. The number of anilines is 2. The molecule has 2 rings (SSSR count). The summed E-state index contributed by atoms with van der Waals surface area (Å²) in [5.41, 5.74) is 3.20. The molecule has 0 radical (unpaired) electrons. The normalized spacial score (nSPS) is 14.4. The Bertz CT molecular complexity index is 418. The molecule has 0 atom stereocenters.